The summed E-state index contributed by atoms with van der Waals surface area (Å²) in [5.41, 5.74) is 2.87. The molecule has 0 unspecified atom stereocenters. The second-order valence-electron chi connectivity index (χ2n) is 4.84. The molecule has 0 aliphatic heterocycles. The quantitative estimate of drug-likeness (QED) is 0.634. The molecule has 0 fully saturated rings. The molecule has 0 amide bonds. The minimum Gasteiger partial charge on any atom is -0.120 e. The zero-order valence-electron chi connectivity index (χ0n) is 9.58. The number of thioether (sulfide) groups is 1. The zero-order chi connectivity index (χ0) is 10.9. The van der Waals surface area contributed by atoms with Crippen molar-refractivity contribution in [2.24, 2.45) is 0 Å². The van der Waals surface area contributed by atoms with Gasteiger partial charge in [-0.05, 0) is 23.6 Å². The molecule has 0 N–H and O–H groups in total. The van der Waals surface area contributed by atoms with Gasteiger partial charge >= 0.3 is 0 Å². The van der Waals surface area contributed by atoms with Crippen molar-refractivity contribution in [1.29, 1.82) is 0 Å². The highest BCUT2D eigenvalue weighted by atomic mass is 32.2. The van der Waals surface area contributed by atoms with E-state index in [9.17, 15) is 0 Å². The van der Waals surface area contributed by atoms with Gasteiger partial charge in [0.15, 0.2) is 0 Å². The standard InChI is InChI=1S/C14H17S/c1-14(2,3)15-13-10-6-8-11-7-4-5-9-12(11)13/h4-6,8-10H,7H2,1-3H3. The van der Waals surface area contributed by atoms with E-state index in [2.05, 4.69) is 57.5 Å². The van der Waals surface area contributed by atoms with Gasteiger partial charge in [-0.2, -0.15) is 0 Å². The third-order valence-electron chi connectivity index (χ3n) is 2.31. The molecule has 1 aliphatic carbocycles. The highest BCUT2D eigenvalue weighted by Crippen LogP contribution is 2.37. The summed E-state index contributed by atoms with van der Waals surface area (Å²) in [5, 5.41) is 0. The molecule has 0 saturated carbocycles. The van der Waals surface area contributed by atoms with Gasteiger partial charge in [0.05, 0.1) is 0 Å². The summed E-state index contributed by atoms with van der Waals surface area (Å²) in [4.78, 5) is 1.41. The lowest BCUT2D eigenvalue weighted by Gasteiger charge is -2.22. The van der Waals surface area contributed by atoms with E-state index in [4.69, 9.17) is 0 Å². The van der Waals surface area contributed by atoms with Crippen LogP contribution in [0.4, 0.5) is 0 Å². The molecule has 2 rings (SSSR count). The first-order valence-electron chi connectivity index (χ1n) is 5.37. The van der Waals surface area contributed by atoms with Gasteiger partial charge in [0, 0.05) is 16.1 Å². The maximum Gasteiger partial charge on any atom is 0.0136 e. The molecular formula is C14H17S. The fraction of sp³-hybridized carbons (Fsp3) is 0.357. The highest BCUT2D eigenvalue weighted by molar-refractivity contribution is 8.00. The Morgan fingerprint density at radius 3 is 2.73 bits per heavy atom. The molecule has 1 heteroatoms. The number of hydrogen-bond acceptors (Lipinski definition) is 1. The SMILES string of the molecule is CC(C)(C)Sc1cccc2c1[CH]C=CC2. The van der Waals surface area contributed by atoms with Gasteiger partial charge < -0.3 is 0 Å². The molecule has 0 atom stereocenters. The summed E-state index contributed by atoms with van der Waals surface area (Å²) in [5.74, 6) is 0. The first-order chi connectivity index (χ1) is 7.06. The first-order valence-corrected chi connectivity index (χ1v) is 6.19. The average Bonchev–Trinajstić information content (AvgIpc) is 2.16. The lowest BCUT2D eigenvalue weighted by molar-refractivity contribution is 0.802. The average molecular weight is 217 g/mol. The smallest absolute Gasteiger partial charge is 0.0136 e. The molecule has 0 heterocycles. The van der Waals surface area contributed by atoms with Crippen LogP contribution in [-0.2, 0) is 6.42 Å². The third-order valence-corrected chi connectivity index (χ3v) is 3.50. The Balaban J connectivity index is 2.33. The fourth-order valence-electron chi connectivity index (χ4n) is 1.73. The topological polar surface area (TPSA) is 0 Å². The molecule has 0 saturated heterocycles. The van der Waals surface area contributed by atoms with E-state index in [1.807, 2.05) is 11.8 Å². The van der Waals surface area contributed by atoms with E-state index < -0.39 is 0 Å². The Labute approximate surface area is 96.8 Å². The summed E-state index contributed by atoms with van der Waals surface area (Å²) in [6.07, 6.45) is 7.68. The Morgan fingerprint density at radius 1 is 1.20 bits per heavy atom. The van der Waals surface area contributed by atoms with Crippen molar-refractivity contribution in [3.8, 4) is 0 Å². The van der Waals surface area contributed by atoms with Gasteiger partial charge in [-0.3, -0.25) is 0 Å². The minimum absolute atomic E-state index is 0.282. The van der Waals surface area contributed by atoms with Crippen molar-refractivity contribution >= 4 is 11.8 Å². The molecule has 1 radical (unpaired) electrons. The van der Waals surface area contributed by atoms with Crippen LogP contribution in [0.15, 0.2) is 35.2 Å². The monoisotopic (exact) mass is 217 g/mol. The van der Waals surface area contributed by atoms with Crippen molar-refractivity contribution in [3.05, 3.63) is 47.9 Å². The van der Waals surface area contributed by atoms with E-state index in [1.54, 1.807) is 0 Å². The third kappa shape index (κ3) is 2.66. The summed E-state index contributed by atoms with van der Waals surface area (Å²) in [6.45, 7) is 6.78. The molecular weight excluding hydrogens is 200 g/mol. The van der Waals surface area contributed by atoms with Gasteiger partial charge in [0.1, 0.15) is 0 Å². The Kier molecular flexibility index (Phi) is 2.92. The van der Waals surface area contributed by atoms with Crippen molar-refractivity contribution in [2.75, 3.05) is 0 Å². The second-order valence-corrected chi connectivity index (χ2v) is 6.71. The molecule has 0 bridgehead atoms. The Hall–Kier alpha value is -0.690. The lowest BCUT2D eigenvalue weighted by atomic mass is 9.97. The van der Waals surface area contributed by atoms with E-state index in [-0.39, 0.29) is 4.75 Å². The molecule has 0 nitrogen and oxygen atoms in total. The maximum absolute atomic E-state index is 2.26. The summed E-state index contributed by atoms with van der Waals surface area (Å²) in [6, 6.07) is 6.62. The van der Waals surface area contributed by atoms with Gasteiger partial charge in [0.25, 0.3) is 0 Å². The van der Waals surface area contributed by atoms with Crippen LogP contribution >= 0.6 is 11.8 Å². The molecule has 0 spiro atoms. The van der Waals surface area contributed by atoms with Crippen LogP contribution in [0.1, 0.15) is 31.9 Å². The molecule has 1 aromatic carbocycles. The molecule has 1 aromatic rings. The molecule has 1 aliphatic rings. The van der Waals surface area contributed by atoms with Crippen molar-refractivity contribution in [1.82, 2.24) is 0 Å². The fourth-order valence-corrected chi connectivity index (χ4v) is 2.85. The highest BCUT2D eigenvalue weighted by Gasteiger charge is 2.16. The van der Waals surface area contributed by atoms with Crippen LogP contribution in [0.25, 0.3) is 0 Å². The van der Waals surface area contributed by atoms with E-state index in [1.165, 1.54) is 16.0 Å². The van der Waals surface area contributed by atoms with Crippen LogP contribution < -0.4 is 0 Å². The maximum atomic E-state index is 2.26. The molecule has 15 heavy (non-hydrogen) atoms. The second kappa shape index (κ2) is 4.05. The van der Waals surface area contributed by atoms with E-state index in [0.717, 1.165) is 6.42 Å². The van der Waals surface area contributed by atoms with Crippen LogP contribution in [0.2, 0.25) is 0 Å². The number of fused-ring (bicyclic) bond motifs is 1. The largest absolute Gasteiger partial charge is 0.120 e. The van der Waals surface area contributed by atoms with Crippen molar-refractivity contribution < 1.29 is 0 Å². The van der Waals surface area contributed by atoms with Gasteiger partial charge in [-0.1, -0.05) is 45.1 Å². The normalized spacial score (nSPS) is 15.1. The number of hydrogen-bond donors (Lipinski definition) is 0. The summed E-state index contributed by atoms with van der Waals surface area (Å²) >= 11 is 1.95. The van der Waals surface area contributed by atoms with Crippen LogP contribution in [0.5, 0.6) is 0 Å². The van der Waals surface area contributed by atoms with Gasteiger partial charge in [-0.15, -0.1) is 11.8 Å². The summed E-state index contributed by atoms with van der Waals surface area (Å²) < 4.78 is 0.282. The van der Waals surface area contributed by atoms with Crippen LogP contribution in [0.3, 0.4) is 0 Å². The molecule has 0 aromatic heterocycles. The van der Waals surface area contributed by atoms with E-state index in [0.29, 0.717) is 0 Å². The Morgan fingerprint density at radius 2 is 2.00 bits per heavy atom. The zero-order valence-corrected chi connectivity index (χ0v) is 10.4. The Bertz CT molecular complexity index is 383. The number of benzene rings is 1. The van der Waals surface area contributed by atoms with Crippen molar-refractivity contribution in [3.63, 3.8) is 0 Å². The predicted octanol–water partition coefficient (Wildman–Crippen LogP) is 4.24. The number of rotatable bonds is 1. The minimum atomic E-state index is 0.282. The van der Waals surface area contributed by atoms with E-state index >= 15 is 0 Å². The van der Waals surface area contributed by atoms with Crippen LogP contribution in [-0.4, -0.2) is 4.75 Å². The first kappa shape index (κ1) is 10.8. The molecule has 79 valence electrons. The summed E-state index contributed by atoms with van der Waals surface area (Å²) in [7, 11) is 0. The van der Waals surface area contributed by atoms with Gasteiger partial charge in [0.2, 0.25) is 0 Å². The van der Waals surface area contributed by atoms with Crippen molar-refractivity contribution in [2.45, 2.75) is 36.8 Å². The predicted molar refractivity (Wildman–Crippen MR) is 68.3 cm³/mol. The number of allylic oxidation sites excluding steroid dienone is 2. The van der Waals surface area contributed by atoms with Crippen LogP contribution in [0, 0.1) is 6.42 Å². The lowest BCUT2D eigenvalue weighted by Crippen LogP contribution is -2.08. The van der Waals surface area contributed by atoms with Gasteiger partial charge in [-0.25, -0.2) is 0 Å².